The molecule has 0 saturated carbocycles. The van der Waals surface area contributed by atoms with Crippen LogP contribution in [0.3, 0.4) is 0 Å². The predicted molar refractivity (Wildman–Crippen MR) is 112 cm³/mol. The molecule has 3 aromatic rings. The summed E-state index contributed by atoms with van der Waals surface area (Å²) < 4.78 is 5.23. The highest BCUT2D eigenvalue weighted by Gasteiger charge is 2.19. The number of rotatable bonds is 7. The molecule has 0 aliphatic rings. The monoisotopic (exact) mass is 429 g/mol. The lowest BCUT2D eigenvalue weighted by molar-refractivity contribution is -0.137. The van der Waals surface area contributed by atoms with E-state index in [4.69, 9.17) is 16.0 Å². The van der Waals surface area contributed by atoms with E-state index in [-0.39, 0.29) is 36.3 Å². The normalized spacial score (nSPS) is 11.9. The Kier molecular flexibility index (Phi) is 6.42. The maximum absolute atomic E-state index is 12.5. The Morgan fingerprint density at radius 3 is 2.53 bits per heavy atom. The summed E-state index contributed by atoms with van der Waals surface area (Å²) in [4.78, 5) is 36.0. The minimum atomic E-state index is -0.988. The smallest absolute Gasteiger partial charge is 0.340 e. The number of aliphatic carboxylic acids is 1. The van der Waals surface area contributed by atoms with Gasteiger partial charge in [0.2, 0.25) is 5.91 Å². The average molecular weight is 430 g/mol. The van der Waals surface area contributed by atoms with E-state index in [9.17, 15) is 24.6 Å². The molecule has 1 amide bonds. The van der Waals surface area contributed by atoms with Crippen LogP contribution in [0, 0.1) is 6.92 Å². The van der Waals surface area contributed by atoms with Gasteiger partial charge in [0.15, 0.2) is 0 Å². The van der Waals surface area contributed by atoms with Crippen molar-refractivity contribution in [3.8, 4) is 5.75 Å². The molecule has 0 aliphatic carbocycles. The summed E-state index contributed by atoms with van der Waals surface area (Å²) in [5, 5.41) is 22.6. The maximum Gasteiger partial charge on any atom is 0.340 e. The van der Waals surface area contributed by atoms with Crippen LogP contribution in [-0.2, 0) is 16.0 Å². The van der Waals surface area contributed by atoms with Gasteiger partial charge in [-0.2, -0.15) is 0 Å². The fourth-order valence-corrected chi connectivity index (χ4v) is 3.43. The van der Waals surface area contributed by atoms with E-state index in [1.54, 1.807) is 37.3 Å². The van der Waals surface area contributed by atoms with Crippen LogP contribution < -0.4 is 10.9 Å². The lowest BCUT2D eigenvalue weighted by Crippen LogP contribution is -2.32. The number of hydrogen-bond acceptors (Lipinski definition) is 5. The minimum absolute atomic E-state index is 0.0257. The Morgan fingerprint density at radius 1 is 1.17 bits per heavy atom. The molecule has 1 atom stereocenters. The lowest BCUT2D eigenvalue weighted by atomic mass is 9.95. The van der Waals surface area contributed by atoms with Crippen molar-refractivity contribution in [2.24, 2.45) is 0 Å². The topological polar surface area (TPSA) is 117 Å². The van der Waals surface area contributed by atoms with Crippen molar-refractivity contribution in [3.05, 3.63) is 74.6 Å². The molecule has 0 fully saturated rings. The van der Waals surface area contributed by atoms with Crippen LogP contribution in [0.5, 0.6) is 5.75 Å². The zero-order valence-corrected chi connectivity index (χ0v) is 16.9. The van der Waals surface area contributed by atoms with Crippen LogP contribution in [-0.4, -0.2) is 28.6 Å². The Hall–Kier alpha value is -3.32. The number of carbonyl (C=O) groups excluding carboxylic acids is 1. The first-order valence-corrected chi connectivity index (χ1v) is 9.61. The van der Waals surface area contributed by atoms with Crippen molar-refractivity contribution in [1.29, 1.82) is 0 Å². The second kappa shape index (κ2) is 9.00. The van der Waals surface area contributed by atoms with Crippen molar-refractivity contribution in [2.75, 3.05) is 6.54 Å². The molecule has 7 nitrogen and oxygen atoms in total. The van der Waals surface area contributed by atoms with E-state index in [0.29, 0.717) is 16.0 Å². The van der Waals surface area contributed by atoms with E-state index in [1.807, 2.05) is 0 Å². The van der Waals surface area contributed by atoms with Crippen LogP contribution in [0.2, 0.25) is 5.02 Å². The third-order valence-electron chi connectivity index (χ3n) is 4.92. The molecule has 1 heterocycles. The first-order valence-electron chi connectivity index (χ1n) is 9.24. The zero-order valence-electron chi connectivity index (χ0n) is 16.1. The molecule has 0 radical (unpaired) electrons. The fourth-order valence-electron chi connectivity index (χ4n) is 3.30. The quantitative estimate of drug-likeness (QED) is 0.496. The summed E-state index contributed by atoms with van der Waals surface area (Å²) in [5.41, 5.74) is 1.14. The van der Waals surface area contributed by atoms with Crippen molar-refractivity contribution >= 4 is 34.4 Å². The van der Waals surface area contributed by atoms with Gasteiger partial charge in [-0.25, -0.2) is 4.79 Å². The maximum atomic E-state index is 12.5. The van der Waals surface area contributed by atoms with Gasteiger partial charge in [-0.1, -0.05) is 23.7 Å². The first-order chi connectivity index (χ1) is 14.2. The van der Waals surface area contributed by atoms with Crippen LogP contribution >= 0.6 is 11.6 Å². The standard InChI is InChI=1S/C22H20ClNO6/c1-12-17-7-6-16(25)9-19(17)30-22(29)18(12)10-20(26)24-11-14(8-21(27)28)13-2-4-15(23)5-3-13/h2-7,9,14,25H,8,10-11H2,1H3,(H,24,26)(H,27,28)/t14-/m1/s1. The van der Waals surface area contributed by atoms with E-state index in [2.05, 4.69) is 5.32 Å². The number of carboxylic acids is 1. The molecule has 156 valence electrons. The number of benzene rings is 2. The Balaban J connectivity index is 1.75. The average Bonchev–Trinajstić information content (AvgIpc) is 2.68. The largest absolute Gasteiger partial charge is 0.508 e. The molecule has 8 heteroatoms. The molecular formula is C22H20ClNO6. The summed E-state index contributed by atoms with van der Waals surface area (Å²) in [5.74, 6) is -1.88. The van der Waals surface area contributed by atoms with Gasteiger partial charge < -0.3 is 19.9 Å². The highest BCUT2D eigenvalue weighted by molar-refractivity contribution is 6.30. The fraction of sp³-hybridized carbons (Fsp3) is 0.227. The van der Waals surface area contributed by atoms with Gasteiger partial charge in [0.1, 0.15) is 11.3 Å². The van der Waals surface area contributed by atoms with Gasteiger partial charge in [0.25, 0.3) is 0 Å². The number of phenolic OH excluding ortho intramolecular Hbond substituents is 1. The summed E-state index contributed by atoms with van der Waals surface area (Å²) >= 11 is 5.88. The van der Waals surface area contributed by atoms with Crippen LogP contribution in [0.25, 0.3) is 11.0 Å². The van der Waals surface area contributed by atoms with Gasteiger partial charge in [0.05, 0.1) is 18.4 Å². The second-order valence-electron chi connectivity index (χ2n) is 7.00. The molecule has 2 aromatic carbocycles. The molecule has 0 saturated heterocycles. The van der Waals surface area contributed by atoms with E-state index < -0.39 is 23.4 Å². The molecule has 30 heavy (non-hydrogen) atoms. The number of hydrogen-bond donors (Lipinski definition) is 3. The number of carboxylic acid groups (broad SMARTS) is 1. The summed E-state index contributed by atoms with van der Waals surface area (Å²) in [6.07, 6.45) is -0.367. The SMILES string of the molecule is Cc1c(CC(=O)NC[C@@H](CC(=O)O)c2ccc(Cl)cc2)c(=O)oc2cc(O)ccc12. The lowest BCUT2D eigenvalue weighted by Gasteiger charge is -2.17. The van der Waals surface area contributed by atoms with Crippen molar-refractivity contribution in [2.45, 2.75) is 25.7 Å². The summed E-state index contributed by atoms with van der Waals surface area (Å²) in [7, 11) is 0. The Morgan fingerprint density at radius 2 is 1.87 bits per heavy atom. The van der Waals surface area contributed by atoms with Crippen molar-refractivity contribution in [1.82, 2.24) is 5.32 Å². The molecule has 0 bridgehead atoms. The predicted octanol–water partition coefficient (Wildman–Crippen LogP) is 3.38. The van der Waals surface area contributed by atoms with Crippen molar-refractivity contribution < 1.29 is 24.2 Å². The summed E-state index contributed by atoms with van der Waals surface area (Å²) in [6, 6.07) is 11.2. The van der Waals surface area contributed by atoms with Crippen LogP contribution in [0.1, 0.15) is 29.0 Å². The molecule has 3 rings (SSSR count). The number of nitrogens with one attached hydrogen (secondary N) is 1. The van der Waals surface area contributed by atoms with Gasteiger partial charge in [-0.3, -0.25) is 9.59 Å². The second-order valence-corrected chi connectivity index (χ2v) is 7.44. The number of aryl methyl sites for hydroxylation is 1. The number of fused-ring (bicyclic) bond motifs is 1. The van der Waals surface area contributed by atoms with Gasteiger partial charge >= 0.3 is 11.6 Å². The zero-order chi connectivity index (χ0) is 21.8. The van der Waals surface area contributed by atoms with Gasteiger partial charge in [0, 0.05) is 28.9 Å². The third-order valence-corrected chi connectivity index (χ3v) is 5.17. The van der Waals surface area contributed by atoms with Crippen LogP contribution in [0.15, 0.2) is 51.7 Å². The molecular weight excluding hydrogens is 410 g/mol. The van der Waals surface area contributed by atoms with E-state index >= 15 is 0 Å². The number of carbonyl (C=O) groups is 2. The Bertz CT molecular complexity index is 1150. The first kappa shape index (κ1) is 21.4. The molecule has 3 N–H and O–H groups in total. The highest BCUT2D eigenvalue weighted by atomic mass is 35.5. The number of aromatic hydroxyl groups is 1. The van der Waals surface area contributed by atoms with Gasteiger partial charge in [-0.15, -0.1) is 0 Å². The summed E-state index contributed by atoms with van der Waals surface area (Å²) in [6.45, 7) is 1.80. The Labute approximate surface area is 176 Å². The third kappa shape index (κ3) is 4.99. The van der Waals surface area contributed by atoms with Crippen LogP contribution in [0.4, 0.5) is 0 Å². The minimum Gasteiger partial charge on any atom is -0.508 e. The molecule has 0 spiro atoms. The van der Waals surface area contributed by atoms with Gasteiger partial charge in [-0.05, 0) is 42.3 Å². The highest BCUT2D eigenvalue weighted by Crippen LogP contribution is 2.24. The molecule has 1 aromatic heterocycles. The number of amides is 1. The van der Waals surface area contributed by atoms with E-state index in [0.717, 1.165) is 5.56 Å². The molecule has 0 unspecified atom stereocenters. The molecule has 0 aliphatic heterocycles. The number of phenols is 1. The van der Waals surface area contributed by atoms with Crippen molar-refractivity contribution in [3.63, 3.8) is 0 Å². The number of halogens is 1. The van der Waals surface area contributed by atoms with E-state index in [1.165, 1.54) is 12.1 Å².